The fraction of sp³-hybridized carbons (Fsp3) is 0.778. The fourth-order valence-electron chi connectivity index (χ4n) is 4.13. The first kappa shape index (κ1) is 15.2. The molecule has 1 N–H and O–H groups in total. The maximum atomic E-state index is 12.1. The van der Waals surface area contributed by atoms with Gasteiger partial charge in [0.05, 0.1) is 5.69 Å². The smallest absolute Gasteiger partial charge is 0.221 e. The van der Waals surface area contributed by atoms with Crippen molar-refractivity contribution < 1.29 is 4.79 Å². The van der Waals surface area contributed by atoms with E-state index in [0.29, 0.717) is 18.4 Å². The number of carbonyl (C=O) groups excluding carboxylic acids is 1. The van der Waals surface area contributed by atoms with Crippen molar-refractivity contribution in [1.82, 2.24) is 19.8 Å². The predicted molar refractivity (Wildman–Crippen MR) is 89.2 cm³/mol. The van der Waals surface area contributed by atoms with Gasteiger partial charge in [-0.15, -0.1) is 0 Å². The summed E-state index contributed by atoms with van der Waals surface area (Å²) in [4.78, 5) is 19.4. The normalized spacial score (nSPS) is 22.3. The van der Waals surface area contributed by atoms with Gasteiger partial charge in [0.15, 0.2) is 0 Å². The number of carbonyl (C=O) groups is 1. The van der Waals surface area contributed by atoms with Crippen molar-refractivity contribution in [2.75, 3.05) is 13.1 Å². The molecule has 23 heavy (non-hydrogen) atoms. The van der Waals surface area contributed by atoms with Crippen molar-refractivity contribution >= 4 is 5.91 Å². The minimum atomic E-state index is 0.224. The lowest BCUT2D eigenvalue weighted by Crippen LogP contribution is -2.37. The zero-order chi connectivity index (χ0) is 15.8. The van der Waals surface area contributed by atoms with Crippen molar-refractivity contribution in [3.63, 3.8) is 0 Å². The molecule has 2 aliphatic carbocycles. The van der Waals surface area contributed by atoms with Crippen molar-refractivity contribution in [2.45, 2.75) is 69.9 Å². The number of nitrogens with zero attached hydrogens (tertiary/aromatic N) is 3. The summed E-state index contributed by atoms with van der Waals surface area (Å²) in [5.41, 5.74) is 2.66. The van der Waals surface area contributed by atoms with Crippen LogP contribution in [0.2, 0.25) is 0 Å². The highest BCUT2D eigenvalue weighted by molar-refractivity contribution is 5.76. The summed E-state index contributed by atoms with van der Waals surface area (Å²) in [5, 5.41) is 3.19. The van der Waals surface area contributed by atoms with Gasteiger partial charge in [0.1, 0.15) is 5.82 Å². The molecule has 1 aromatic heterocycles. The van der Waals surface area contributed by atoms with E-state index in [0.717, 1.165) is 38.9 Å². The third-order valence-electron chi connectivity index (χ3n) is 5.69. The van der Waals surface area contributed by atoms with E-state index in [4.69, 9.17) is 4.98 Å². The van der Waals surface area contributed by atoms with Gasteiger partial charge in [-0.05, 0) is 25.7 Å². The van der Waals surface area contributed by atoms with Gasteiger partial charge in [0, 0.05) is 57.2 Å². The van der Waals surface area contributed by atoms with Crippen LogP contribution in [0, 0.1) is 0 Å². The first-order chi connectivity index (χ1) is 11.2. The molecular weight excluding hydrogens is 288 g/mol. The van der Waals surface area contributed by atoms with Crippen LogP contribution < -0.4 is 5.32 Å². The molecule has 4 rings (SSSR count). The standard InChI is InChI=1S/C18H28N4O/c1-21-16-8-10-22(12-15(16)20-18(21)13-6-7-13)11-9-17(23)19-14-4-2-3-5-14/h13-14H,2-12H2,1H3,(H,19,23). The third kappa shape index (κ3) is 3.30. The lowest BCUT2D eigenvalue weighted by atomic mass is 10.1. The van der Waals surface area contributed by atoms with Crippen LogP contribution in [0.1, 0.15) is 68.1 Å². The van der Waals surface area contributed by atoms with E-state index < -0.39 is 0 Å². The van der Waals surface area contributed by atoms with Gasteiger partial charge in [-0.25, -0.2) is 4.98 Å². The van der Waals surface area contributed by atoms with Crippen LogP contribution in [-0.4, -0.2) is 39.5 Å². The Labute approximate surface area is 138 Å². The van der Waals surface area contributed by atoms with E-state index in [9.17, 15) is 4.79 Å². The van der Waals surface area contributed by atoms with Crippen LogP contribution >= 0.6 is 0 Å². The van der Waals surface area contributed by atoms with Crippen LogP contribution in [0.15, 0.2) is 0 Å². The van der Waals surface area contributed by atoms with E-state index in [-0.39, 0.29) is 5.91 Å². The molecule has 3 aliphatic rings. The number of imidazole rings is 1. The molecule has 2 saturated carbocycles. The molecule has 126 valence electrons. The lowest BCUT2D eigenvalue weighted by Gasteiger charge is -2.26. The highest BCUT2D eigenvalue weighted by Crippen LogP contribution is 2.40. The van der Waals surface area contributed by atoms with Gasteiger partial charge >= 0.3 is 0 Å². The minimum absolute atomic E-state index is 0.224. The second-order valence-corrected chi connectivity index (χ2v) is 7.52. The van der Waals surface area contributed by atoms with Crippen molar-refractivity contribution in [3.8, 4) is 0 Å². The fourth-order valence-corrected chi connectivity index (χ4v) is 4.13. The summed E-state index contributed by atoms with van der Waals surface area (Å²) in [7, 11) is 2.17. The van der Waals surface area contributed by atoms with Gasteiger partial charge in [-0.2, -0.15) is 0 Å². The van der Waals surface area contributed by atoms with Gasteiger partial charge in [0.25, 0.3) is 0 Å². The topological polar surface area (TPSA) is 50.2 Å². The predicted octanol–water partition coefficient (Wildman–Crippen LogP) is 2.10. The SMILES string of the molecule is Cn1c(C2CC2)nc2c1CCN(CCC(=O)NC1CCCC1)C2. The quantitative estimate of drug-likeness (QED) is 0.905. The molecule has 0 aromatic carbocycles. The number of aromatic nitrogens is 2. The van der Waals surface area contributed by atoms with Gasteiger partial charge < -0.3 is 9.88 Å². The second kappa shape index (κ2) is 6.27. The molecule has 0 spiro atoms. The molecular formula is C18H28N4O. The summed E-state index contributed by atoms with van der Waals surface area (Å²) in [5.74, 6) is 2.22. The van der Waals surface area contributed by atoms with Crippen molar-refractivity contribution in [3.05, 3.63) is 17.2 Å². The first-order valence-electron chi connectivity index (χ1n) is 9.27. The maximum absolute atomic E-state index is 12.1. The van der Waals surface area contributed by atoms with Gasteiger partial charge in [-0.3, -0.25) is 9.69 Å². The number of rotatable bonds is 5. The molecule has 2 fully saturated rings. The summed E-state index contributed by atoms with van der Waals surface area (Å²) >= 11 is 0. The van der Waals surface area contributed by atoms with Crippen molar-refractivity contribution in [1.29, 1.82) is 0 Å². The highest BCUT2D eigenvalue weighted by Gasteiger charge is 2.31. The zero-order valence-corrected chi connectivity index (χ0v) is 14.2. The minimum Gasteiger partial charge on any atom is -0.353 e. The molecule has 0 atom stereocenters. The first-order valence-corrected chi connectivity index (χ1v) is 9.27. The lowest BCUT2D eigenvalue weighted by molar-refractivity contribution is -0.122. The van der Waals surface area contributed by atoms with Crippen LogP contribution in [0.25, 0.3) is 0 Å². The molecule has 0 saturated heterocycles. The Hall–Kier alpha value is -1.36. The molecule has 5 heteroatoms. The van der Waals surface area contributed by atoms with E-state index in [1.807, 2.05) is 0 Å². The Morgan fingerprint density at radius 2 is 2.04 bits per heavy atom. The Morgan fingerprint density at radius 3 is 2.78 bits per heavy atom. The molecule has 0 radical (unpaired) electrons. The molecule has 1 aliphatic heterocycles. The van der Waals surface area contributed by atoms with Crippen molar-refractivity contribution in [2.24, 2.45) is 7.05 Å². The van der Waals surface area contributed by atoms with Gasteiger partial charge in [0.2, 0.25) is 5.91 Å². The summed E-state index contributed by atoms with van der Waals surface area (Å²) in [6.07, 6.45) is 9.15. The molecule has 0 unspecified atom stereocenters. The third-order valence-corrected chi connectivity index (χ3v) is 5.69. The number of nitrogens with one attached hydrogen (secondary N) is 1. The molecule has 1 amide bonds. The largest absolute Gasteiger partial charge is 0.353 e. The molecule has 2 heterocycles. The summed E-state index contributed by atoms with van der Waals surface area (Å²) in [6, 6.07) is 0.437. The van der Waals surface area contributed by atoms with E-state index in [1.165, 1.54) is 42.9 Å². The van der Waals surface area contributed by atoms with Crippen LogP contribution in [-0.2, 0) is 24.8 Å². The van der Waals surface area contributed by atoms with Gasteiger partial charge in [-0.1, -0.05) is 12.8 Å². The Kier molecular flexibility index (Phi) is 4.14. The number of hydrogen-bond acceptors (Lipinski definition) is 3. The monoisotopic (exact) mass is 316 g/mol. The van der Waals surface area contributed by atoms with Crippen LogP contribution in [0.3, 0.4) is 0 Å². The molecule has 0 bridgehead atoms. The summed E-state index contributed by atoms with van der Waals surface area (Å²) in [6.45, 7) is 2.81. The van der Waals surface area contributed by atoms with Crippen LogP contribution in [0.4, 0.5) is 0 Å². The van der Waals surface area contributed by atoms with Crippen LogP contribution in [0.5, 0.6) is 0 Å². The van der Waals surface area contributed by atoms with E-state index in [1.54, 1.807) is 0 Å². The number of hydrogen-bond donors (Lipinski definition) is 1. The number of amides is 1. The highest BCUT2D eigenvalue weighted by atomic mass is 16.1. The van der Waals surface area contributed by atoms with E-state index >= 15 is 0 Å². The average Bonchev–Trinajstić information content (AvgIpc) is 3.17. The second-order valence-electron chi connectivity index (χ2n) is 7.52. The summed E-state index contributed by atoms with van der Waals surface area (Å²) < 4.78 is 2.33. The molecule has 5 nitrogen and oxygen atoms in total. The Morgan fingerprint density at radius 1 is 1.26 bits per heavy atom. The number of fused-ring (bicyclic) bond motifs is 1. The average molecular weight is 316 g/mol. The Balaban J connectivity index is 1.29. The molecule has 1 aromatic rings. The Bertz CT molecular complexity index is 584. The zero-order valence-electron chi connectivity index (χ0n) is 14.2. The maximum Gasteiger partial charge on any atom is 0.221 e. The van der Waals surface area contributed by atoms with E-state index in [2.05, 4.69) is 21.8 Å².